The summed E-state index contributed by atoms with van der Waals surface area (Å²) in [6, 6.07) is 19.9. The van der Waals surface area contributed by atoms with Crippen molar-refractivity contribution in [2.45, 2.75) is 26.2 Å². The summed E-state index contributed by atoms with van der Waals surface area (Å²) in [5.74, 6) is 1.64. The van der Waals surface area contributed by atoms with Gasteiger partial charge >= 0.3 is 0 Å². The van der Waals surface area contributed by atoms with Gasteiger partial charge in [0.05, 0.1) is 5.69 Å². The van der Waals surface area contributed by atoms with Crippen LogP contribution >= 0.6 is 0 Å². The van der Waals surface area contributed by atoms with Crippen LogP contribution in [0.25, 0.3) is 17.0 Å². The number of hydrogen-bond donors (Lipinski definition) is 2. The van der Waals surface area contributed by atoms with Crippen molar-refractivity contribution in [2.75, 3.05) is 12.0 Å². The summed E-state index contributed by atoms with van der Waals surface area (Å²) in [6.45, 7) is 6.84. The quantitative estimate of drug-likeness (QED) is 0.515. The number of benzene rings is 2. The standard InChI is InChI=1S/C21H23N5O/c1-21(2,3)18-13-19-23-20(25-26(19)24-18)15-9-11-16(12-10-15)22-14-27-17-7-5-4-6-8-17/h4-13,22H,14H2,1-3H3,(H,23,25). The summed E-state index contributed by atoms with van der Waals surface area (Å²) in [6.07, 6.45) is 0. The average molecular weight is 361 g/mol. The minimum atomic E-state index is 0.00381. The molecule has 0 saturated carbocycles. The van der Waals surface area contributed by atoms with E-state index in [1.807, 2.05) is 60.7 Å². The number of ether oxygens (including phenoxy) is 1. The maximum Gasteiger partial charge on any atom is 0.161 e. The van der Waals surface area contributed by atoms with Gasteiger partial charge in [-0.25, -0.2) is 0 Å². The number of anilines is 1. The van der Waals surface area contributed by atoms with E-state index in [1.165, 1.54) is 0 Å². The highest BCUT2D eigenvalue weighted by Gasteiger charge is 2.19. The van der Waals surface area contributed by atoms with E-state index in [9.17, 15) is 0 Å². The van der Waals surface area contributed by atoms with E-state index >= 15 is 0 Å². The van der Waals surface area contributed by atoms with Crippen molar-refractivity contribution in [1.82, 2.24) is 19.8 Å². The lowest BCUT2D eigenvalue weighted by molar-refractivity contribution is 0.347. The SMILES string of the molecule is CC(C)(C)c1cc2[nH]c(-c3ccc(NCOc4ccccc4)cc3)nn2n1. The minimum Gasteiger partial charge on any atom is -0.473 e. The highest BCUT2D eigenvalue weighted by atomic mass is 16.5. The zero-order chi connectivity index (χ0) is 18.9. The molecule has 0 bridgehead atoms. The Kier molecular flexibility index (Phi) is 4.32. The molecule has 0 spiro atoms. The Balaban J connectivity index is 1.42. The first-order chi connectivity index (χ1) is 13.0. The fourth-order valence-electron chi connectivity index (χ4n) is 2.74. The number of hydrogen-bond acceptors (Lipinski definition) is 4. The smallest absolute Gasteiger partial charge is 0.161 e. The van der Waals surface area contributed by atoms with E-state index in [0.29, 0.717) is 6.73 Å². The zero-order valence-corrected chi connectivity index (χ0v) is 15.7. The van der Waals surface area contributed by atoms with Crippen LogP contribution in [-0.2, 0) is 5.41 Å². The maximum atomic E-state index is 5.65. The van der Waals surface area contributed by atoms with Gasteiger partial charge in [0.25, 0.3) is 0 Å². The van der Waals surface area contributed by atoms with E-state index in [0.717, 1.165) is 34.2 Å². The second-order valence-electron chi connectivity index (χ2n) is 7.48. The Labute approximate surface area is 158 Å². The summed E-state index contributed by atoms with van der Waals surface area (Å²) in [4.78, 5) is 3.33. The van der Waals surface area contributed by atoms with Crippen LogP contribution in [0.5, 0.6) is 5.75 Å². The van der Waals surface area contributed by atoms with Crippen LogP contribution in [0.1, 0.15) is 26.5 Å². The van der Waals surface area contributed by atoms with Crippen molar-refractivity contribution in [1.29, 1.82) is 0 Å². The van der Waals surface area contributed by atoms with Crippen LogP contribution in [0.4, 0.5) is 5.69 Å². The minimum absolute atomic E-state index is 0.00381. The van der Waals surface area contributed by atoms with E-state index in [-0.39, 0.29) is 5.41 Å². The lowest BCUT2D eigenvalue weighted by Gasteiger charge is -2.13. The van der Waals surface area contributed by atoms with Crippen LogP contribution in [-0.4, -0.2) is 26.5 Å². The fraction of sp³-hybridized carbons (Fsp3) is 0.238. The zero-order valence-electron chi connectivity index (χ0n) is 15.7. The van der Waals surface area contributed by atoms with E-state index in [2.05, 4.69) is 41.3 Å². The van der Waals surface area contributed by atoms with Crippen molar-refractivity contribution in [3.05, 3.63) is 66.4 Å². The molecule has 0 aliphatic rings. The van der Waals surface area contributed by atoms with Crippen molar-refractivity contribution in [3.63, 3.8) is 0 Å². The number of aromatic nitrogens is 4. The lowest BCUT2D eigenvalue weighted by Crippen LogP contribution is -2.12. The number of aromatic amines is 1. The molecule has 2 aromatic carbocycles. The molecule has 0 atom stereocenters. The third kappa shape index (κ3) is 3.79. The van der Waals surface area contributed by atoms with Crippen LogP contribution in [0.2, 0.25) is 0 Å². The molecule has 4 aromatic rings. The molecule has 0 aliphatic heterocycles. The summed E-state index contributed by atoms with van der Waals surface area (Å²) < 4.78 is 7.31. The molecule has 0 aliphatic carbocycles. The molecule has 2 N–H and O–H groups in total. The normalized spacial score (nSPS) is 11.7. The molecule has 0 unspecified atom stereocenters. The number of rotatable bonds is 5. The molecule has 2 heterocycles. The third-order valence-corrected chi connectivity index (χ3v) is 4.32. The molecule has 138 valence electrons. The van der Waals surface area contributed by atoms with Gasteiger partial charge in [-0.3, -0.25) is 0 Å². The van der Waals surface area contributed by atoms with Gasteiger partial charge in [-0.2, -0.15) is 5.10 Å². The summed E-state index contributed by atoms with van der Waals surface area (Å²) in [5.41, 5.74) is 3.91. The summed E-state index contributed by atoms with van der Waals surface area (Å²) in [5, 5.41) is 12.4. The van der Waals surface area contributed by atoms with Crippen LogP contribution in [0.15, 0.2) is 60.7 Å². The second kappa shape index (κ2) is 6.79. The van der Waals surface area contributed by atoms with Gasteiger partial charge in [0, 0.05) is 22.7 Å². The van der Waals surface area contributed by atoms with Crippen molar-refractivity contribution >= 4 is 11.3 Å². The van der Waals surface area contributed by atoms with Crippen LogP contribution < -0.4 is 10.1 Å². The third-order valence-electron chi connectivity index (χ3n) is 4.32. The molecule has 2 aromatic heterocycles. The van der Waals surface area contributed by atoms with Gasteiger partial charge in [-0.05, 0) is 36.4 Å². The Hall–Kier alpha value is -3.28. The molecule has 6 nitrogen and oxygen atoms in total. The van der Waals surface area contributed by atoms with Gasteiger partial charge < -0.3 is 15.0 Å². The summed E-state index contributed by atoms with van der Waals surface area (Å²) >= 11 is 0. The van der Waals surface area contributed by atoms with Crippen molar-refractivity contribution in [2.24, 2.45) is 0 Å². The number of para-hydroxylation sites is 1. The Morgan fingerprint density at radius 3 is 2.41 bits per heavy atom. The molecule has 0 radical (unpaired) electrons. The second-order valence-corrected chi connectivity index (χ2v) is 7.48. The largest absolute Gasteiger partial charge is 0.473 e. The Bertz CT molecular complexity index is 995. The molecular weight excluding hydrogens is 338 g/mol. The van der Waals surface area contributed by atoms with Gasteiger partial charge in [0.15, 0.2) is 18.2 Å². The first-order valence-corrected chi connectivity index (χ1v) is 8.98. The van der Waals surface area contributed by atoms with Crippen molar-refractivity contribution in [3.8, 4) is 17.1 Å². The predicted molar refractivity (Wildman–Crippen MR) is 107 cm³/mol. The molecule has 6 heteroatoms. The average Bonchev–Trinajstić information content (AvgIpc) is 3.22. The molecular formula is C21H23N5O. The van der Waals surface area contributed by atoms with Crippen molar-refractivity contribution < 1.29 is 4.74 Å². The first-order valence-electron chi connectivity index (χ1n) is 8.98. The maximum absolute atomic E-state index is 5.65. The molecule has 27 heavy (non-hydrogen) atoms. The number of nitrogens with zero attached hydrogens (tertiary/aromatic N) is 3. The molecule has 0 fully saturated rings. The Morgan fingerprint density at radius 1 is 1.00 bits per heavy atom. The lowest BCUT2D eigenvalue weighted by atomic mass is 9.93. The number of nitrogens with one attached hydrogen (secondary N) is 2. The van der Waals surface area contributed by atoms with E-state index in [4.69, 9.17) is 4.74 Å². The van der Waals surface area contributed by atoms with Crippen LogP contribution in [0, 0.1) is 0 Å². The molecule has 4 rings (SSSR count). The van der Waals surface area contributed by atoms with Crippen LogP contribution in [0.3, 0.4) is 0 Å². The fourth-order valence-corrected chi connectivity index (χ4v) is 2.74. The molecule has 0 saturated heterocycles. The van der Waals surface area contributed by atoms with E-state index < -0.39 is 0 Å². The highest BCUT2D eigenvalue weighted by Crippen LogP contribution is 2.24. The topological polar surface area (TPSA) is 67.2 Å². The predicted octanol–water partition coefficient (Wildman–Crippen LogP) is 4.47. The number of H-pyrrole nitrogens is 1. The van der Waals surface area contributed by atoms with Gasteiger partial charge in [-0.15, -0.1) is 9.73 Å². The van der Waals surface area contributed by atoms with Gasteiger partial charge in [0.1, 0.15) is 5.75 Å². The van der Waals surface area contributed by atoms with Gasteiger partial charge in [-0.1, -0.05) is 39.0 Å². The highest BCUT2D eigenvalue weighted by molar-refractivity contribution is 5.61. The number of fused-ring (bicyclic) bond motifs is 1. The first kappa shape index (κ1) is 17.1. The van der Waals surface area contributed by atoms with E-state index in [1.54, 1.807) is 4.63 Å². The Morgan fingerprint density at radius 2 is 1.74 bits per heavy atom. The van der Waals surface area contributed by atoms with Gasteiger partial charge in [0.2, 0.25) is 0 Å². The molecule has 0 amide bonds. The monoisotopic (exact) mass is 361 g/mol. The summed E-state index contributed by atoms with van der Waals surface area (Å²) in [7, 11) is 0.